The molecule has 0 atom stereocenters. The number of nitrogens with zero attached hydrogens (tertiary/aromatic N) is 1. The molecule has 3 fully saturated rings. The summed E-state index contributed by atoms with van der Waals surface area (Å²) in [5.74, 6) is 7.07. The minimum Gasteiger partial charge on any atom is -0.248 e. The molecule has 2 N–H and O–H groups in total. The highest BCUT2D eigenvalue weighted by molar-refractivity contribution is 4.69. The lowest BCUT2D eigenvalue weighted by molar-refractivity contribution is -0.954. The third kappa shape index (κ3) is 0.864. The van der Waals surface area contributed by atoms with Crippen molar-refractivity contribution in [3.8, 4) is 0 Å². The van der Waals surface area contributed by atoms with Crippen molar-refractivity contribution in [3.05, 3.63) is 0 Å². The highest BCUT2D eigenvalue weighted by atomic mass is 15.6. The topological polar surface area (TPSA) is 26.0 Å². The maximum atomic E-state index is 6.03. The second-order valence-corrected chi connectivity index (χ2v) is 3.62. The second kappa shape index (κ2) is 1.70. The summed E-state index contributed by atoms with van der Waals surface area (Å²) in [4.78, 5) is 0. The van der Waals surface area contributed by atoms with E-state index < -0.39 is 0 Å². The number of rotatable bonds is 0. The van der Waals surface area contributed by atoms with Gasteiger partial charge in [0.2, 0.25) is 0 Å². The molecule has 3 rings (SSSR count). The Morgan fingerprint density at radius 2 is 1.44 bits per heavy atom. The maximum Gasteiger partial charge on any atom is 0.0962 e. The van der Waals surface area contributed by atoms with Crippen molar-refractivity contribution in [3.63, 3.8) is 0 Å². The molecule has 0 aromatic rings. The van der Waals surface area contributed by atoms with Crippen LogP contribution in [-0.4, -0.2) is 24.2 Å². The molecule has 0 aromatic heterocycles. The monoisotopic (exact) mass is 127 g/mol. The largest absolute Gasteiger partial charge is 0.248 e. The highest BCUT2D eigenvalue weighted by Crippen LogP contribution is 2.29. The van der Waals surface area contributed by atoms with Crippen LogP contribution in [0.1, 0.15) is 19.3 Å². The zero-order valence-corrected chi connectivity index (χ0v) is 5.84. The lowest BCUT2D eigenvalue weighted by atomic mass is 9.88. The Kier molecular flexibility index (Phi) is 1.08. The molecule has 0 radical (unpaired) electrons. The van der Waals surface area contributed by atoms with Gasteiger partial charge in [0.15, 0.2) is 0 Å². The zero-order chi connectivity index (χ0) is 6.32. The predicted octanol–water partition coefficient (Wildman–Crippen LogP) is 0.491. The van der Waals surface area contributed by atoms with Crippen LogP contribution in [0.15, 0.2) is 0 Å². The first-order chi connectivity index (χ1) is 4.29. The average Bonchev–Trinajstić information content (AvgIpc) is 1.90. The van der Waals surface area contributed by atoms with E-state index in [0.29, 0.717) is 0 Å². The number of hydrogen-bond donors (Lipinski definition) is 1. The SMILES string of the molecule is N[N+]12CCC(CC1)CC2. The fourth-order valence-electron chi connectivity index (χ4n) is 2.09. The first-order valence-electron chi connectivity index (χ1n) is 3.93. The normalized spacial score (nSPS) is 49.7. The fourth-order valence-corrected chi connectivity index (χ4v) is 2.09. The van der Waals surface area contributed by atoms with Crippen LogP contribution in [-0.2, 0) is 0 Å². The van der Waals surface area contributed by atoms with E-state index in [0.717, 1.165) is 10.5 Å². The number of quaternary nitrogens is 1. The number of fused-ring (bicyclic) bond motifs is 3. The molecular weight excluding hydrogens is 112 g/mol. The molecule has 9 heavy (non-hydrogen) atoms. The van der Waals surface area contributed by atoms with Crippen LogP contribution in [0, 0.1) is 5.92 Å². The number of piperidine rings is 3. The van der Waals surface area contributed by atoms with Gasteiger partial charge in [-0.15, -0.1) is 0 Å². The third-order valence-corrected chi connectivity index (χ3v) is 2.95. The van der Waals surface area contributed by atoms with Crippen molar-refractivity contribution in [2.45, 2.75) is 19.3 Å². The van der Waals surface area contributed by atoms with Crippen LogP contribution in [0.2, 0.25) is 0 Å². The standard InChI is InChI=1S/C7H15N2/c8-9-4-1-7(2-5-9)3-6-9/h7H,1-6,8H2/q+1. The summed E-state index contributed by atoms with van der Waals surface area (Å²) >= 11 is 0. The van der Waals surface area contributed by atoms with Crippen LogP contribution in [0.4, 0.5) is 0 Å². The van der Waals surface area contributed by atoms with Crippen molar-refractivity contribution in [2.24, 2.45) is 11.8 Å². The molecule has 0 saturated carbocycles. The van der Waals surface area contributed by atoms with E-state index in [1.807, 2.05) is 0 Å². The molecule has 0 unspecified atom stereocenters. The highest BCUT2D eigenvalue weighted by Gasteiger charge is 2.37. The first kappa shape index (κ1) is 5.69. The van der Waals surface area contributed by atoms with Gasteiger partial charge < -0.3 is 0 Å². The van der Waals surface area contributed by atoms with E-state index >= 15 is 0 Å². The molecule has 2 heteroatoms. The van der Waals surface area contributed by atoms with Gasteiger partial charge in [-0.25, -0.2) is 4.59 Å². The quantitative estimate of drug-likeness (QED) is 0.372. The van der Waals surface area contributed by atoms with Gasteiger partial charge in [-0.3, -0.25) is 0 Å². The van der Waals surface area contributed by atoms with Crippen LogP contribution in [0.5, 0.6) is 0 Å². The summed E-state index contributed by atoms with van der Waals surface area (Å²) in [6.07, 6.45) is 4.16. The summed E-state index contributed by atoms with van der Waals surface area (Å²) in [6.45, 7) is 3.72. The molecule has 3 aliphatic rings. The lowest BCUT2D eigenvalue weighted by Gasteiger charge is -2.44. The molecule has 3 aliphatic heterocycles. The van der Waals surface area contributed by atoms with E-state index in [1.54, 1.807) is 0 Å². The third-order valence-electron chi connectivity index (χ3n) is 2.95. The van der Waals surface area contributed by atoms with Crippen molar-refractivity contribution in [1.82, 2.24) is 0 Å². The van der Waals surface area contributed by atoms with E-state index in [2.05, 4.69) is 0 Å². The summed E-state index contributed by atoms with van der Waals surface area (Å²) in [5, 5.41) is 0. The van der Waals surface area contributed by atoms with E-state index in [-0.39, 0.29) is 0 Å². The van der Waals surface area contributed by atoms with Crippen molar-refractivity contribution in [2.75, 3.05) is 19.6 Å². The van der Waals surface area contributed by atoms with Crippen molar-refractivity contribution < 1.29 is 4.59 Å². The number of hydrogen-bond acceptors (Lipinski definition) is 1. The Bertz CT molecular complexity index is 100. The Balaban J connectivity index is 2.11. The summed E-state index contributed by atoms with van der Waals surface area (Å²) in [7, 11) is 0. The maximum absolute atomic E-state index is 6.03. The minimum atomic E-state index is 0.885. The minimum absolute atomic E-state index is 0.885. The molecule has 0 aromatic carbocycles. The van der Waals surface area contributed by atoms with Gasteiger partial charge >= 0.3 is 0 Å². The van der Waals surface area contributed by atoms with Crippen LogP contribution in [0.3, 0.4) is 0 Å². The fraction of sp³-hybridized carbons (Fsp3) is 1.00. The van der Waals surface area contributed by atoms with E-state index in [4.69, 9.17) is 5.84 Å². The van der Waals surface area contributed by atoms with Crippen LogP contribution in [0.25, 0.3) is 0 Å². The van der Waals surface area contributed by atoms with Gasteiger partial charge in [-0.1, -0.05) is 0 Å². The van der Waals surface area contributed by atoms with Crippen molar-refractivity contribution >= 4 is 0 Å². The van der Waals surface area contributed by atoms with Gasteiger partial charge in [-0.05, 0) is 5.92 Å². The summed E-state index contributed by atoms with van der Waals surface area (Å²) in [6, 6.07) is 0. The second-order valence-electron chi connectivity index (χ2n) is 3.62. The Morgan fingerprint density at radius 1 is 1.00 bits per heavy atom. The molecule has 0 spiro atoms. The van der Waals surface area contributed by atoms with Gasteiger partial charge in [0.25, 0.3) is 0 Å². The van der Waals surface area contributed by atoms with Gasteiger partial charge in [-0.2, -0.15) is 5.84 Å². The molecule has 2 nitrogen and oxygen atoms in total. The molecule has 3 saturated heterocycles. The van der Waals surface area contributed by atoms with Crippen LogP contribution < -0.4 is 5.84 Å². The number of nitrogens with two attached hydrogens (primary N) is 1. The van der Waals surface area contributed by atoms with Crippen molar-refractivity contribution in [1.29, 1.82) is 0 Å². The molecule has 52 valence electrons. The Labute approximate surface area is 56.2 Å². The Morgan fingerprint density at radius 3 is 1.67 bits per heavy atom. The molecule has 0 amide bonds. The molecule has 0 aliphatic carbocycles. The lowest BCUT2D eigenvalue weighted by Crippen LogP contribution is -2.62. The smallest absolute Gasteiger partial charge is 0.0962 e. The molecule has 3 heterocycles. The molecular formula is C7H15N2+. The van der Waals surface area contributed by atoms with Gasteiger partial charge in [0.1, 0.15) is 0 Å². The average molecular weight is 127 g/mol. The van der Waals surface area contributed by atoms with E-state index in [1.165, 1.54) is 38.9 Å². The van der Waals surface area contributed by atoms with Gasteiger partial charge in [0.05, 0.1) is 19.6 Å². The first-order valence-corrected chi connectivity index (χ1v) is 3.93. The summed E-state index contributed by atoms with van der Waals surface area (Å²) < 4.78 is 0.885. The van der Waals surface area contributed by atoms with Gasteiger partial charge in [0, 0.05) is 19.3 Å². The predicted molar refractivity (Wildman–Crippen MR) is 36.4 cm³/mol. The van der Waals surface area contributed by atoms with Crippen LogP contribution >= 0.6 is 0 Å². The Hall–Kier alpha value is -0.0800. The summed E-state index contributed by atoms with van der Waals surface area (Å²) in [5.41, 5.74) is 0. The zero-order valence-electron chi connectivity index (χ0n) is 5.84. The van der Waals surface area contributed by atoms with E-state index in [9.17, 15) is 0 Å². The molecule has 2 bridgehead atoms.